The summed E-state index contributed by atoms with van der Waals surface area (Å²) < 4.78 is 0. The molecule has 0 heterocycles. The van der Waals surface area contributed by atoms with Gasteiger partial charge in [0.15, 0.2) is 0 Å². The Morgan fingerprint density at radius 1 is 0.242 bits per heavy atom. The molecule has 0 fully saturated rings. The molecule has 11 aromatic carbocycles. The fourth-order valence-corrected chi connectivity index (χ4v) is 11.9. The Hall–Kier alpha value is -7.28. The molecular formula is C62H44. The summed E-state index contributed by atoms with van der Waals surface area (Å²) in [6.07, 6.45) is 0. The van der Waals surface area contributed by atoms with Crippen molar-refractivity contribution in [2.45, 2.75) is 38.5 Å². The van der Waals surface area contributed by atoms with Crippen molar-refractivity contribution in [2.75, 3.05) is 0 Å². The summed E-state index contributed by atoms with van der Waals surface area (Å²) in [7, 11) is 0. The van der Waals surface area contributed by atoms with Gasteiger partial charge in [-0.2, -0.15) is 0 Å². The van der Waals surface area contributed by atoms with Gasteiger partial charge >= 0.3 is 0 Å². The predicted octanol–water partition coefficient (Wildman–Crippen LogP) is 17.1. The molecule has 0 heteroatoms. The second-order valence-electron chi connectivity index (χ2n) is 18.7. The quantitative estimate of drug-likeness (QED) is 0.124. The molecular weight excluding hydrogens is 745 g/mol. The van der Waals surface area contributed by atoms with Crippen LogP contribution >= 0.6 is 0 Å². The van der Waals surface area contributed by atoms with Crippen LogP contribution < -0.4 is 0 Å². The first-order chi connectivity index (χ1) is 30.3. The van der Waals surface area contributed by atoms with E-state index >= 15 is 0 Å². The van der Waals surface area contributed by atoms with E-state index in [-0.39, 0.29) is 10.8 Å². The minimum absolute atomic E-state index is 0.0839. The van der Waals surface area contributed by atoms with Gasteiger partial charge in [-0.25, -0.2) is 0 Å². The topological polar surface area (TPSA) is 0 Å². The smallest absolute Gasteiger partial charge is 0.0159 e. The number of hydrogen-bond acceptors (Lipinski definition) is 0. The van der Waals surface area contributed by atoms with E-state index in [4.69, 9.17) is 0 Å². The zero-order valence-corrected chi connectivity index (χ0v) is 35.5. The van der Waals surface area contributed by atoms with E-state index in [1.807, 2.05) is 0 Å². The molecule has 0 saturated carbocycles. The van der Waals surface area contributed by atoms with Gasteiger partial charge in [-0.1, -0.05) is 204 Å². The fourth-order valence-electron chi connectivity index (χ4n) is 11.9. The van der Waals surface area contributed by atoms with Gasteiger partial charge in [0.05, 0.1) is 0 Å². The molecule has 2 aliphatic rings. The van der Waals surface area contributed by atoms with E-state index in [0.717, 1.165) is 0 Å². The first kappa shape index (κ1) is 35.5. The van der Waals surface area contributed by atoms with Crippen LogP contribution in [0.15, 0.2) is 194 Å². The molecule has 0 nitrogen and oxygen atoms in total. The summed E-state index contributed by atoms with van der Waals surface area (Å²) in [5.41, 5.74) is 18.4. The maximum Gasteiger partial charge on any atom is 0.0159 e. The van der Waals surface area contributed by atoms with Gasteiger partial charge in [0, 0.05) is 10.8 Å². The lowest BCUT2D eigenvalue weighted by molar-refractivity contribution is 0.660. The van der Waals surface area contributed by atoms with Crippen LogP contribution in [-0.2, 0) is 10.8 Å². The minimum Gasteiger partial charge on any atom is -0.0619 e. The summed E-state index contributed by atoms with van der Waals surface area (Å²) >= 11 is 0. The van der Waals surface area contributed by atoms with E-state index in [1.165, 1.54) is 132 Å². The molecule has 2 aliphatic carbocycles. The third-order valence-corrected chi connectivity index (χ3v) is 14.9. The Balaban J connectivity index is 1.17. The maximum atomic E-state index is 2.52. The third-order valence-electron chi connectivity index (χ3n) is 14.9. The van der Waals surface area contributed by atoms with Gasteiger partial charge in [0.1, 0.15) is 0 Å². The van der Waals surface area contributed by atoms with Crippen LogP contribution in [0.3, 0.4) is 0 Å². The van der Waals surface area contributed by atoms with Crippen LogP contribution in [0.2, 0.25) is 0 Å². The standard InChI is InChI=1S/C62H44/c1-61(2)55-26-14-12-23-49(55)60-50(24-15-27-56(60)61)59-47-22-10-9-21-46(47)58(53-36-51-40-17-6-5-16-37(40)28-31-43(51)41-18-7-8-19-42(41)53)48-33-30-38(34-52(48)59)39-29-32-45-44-20-11-13-25-54(44)62(3,4)57(45)35-39/h5-36H,1-4H3. The number of rotatable bonds is 3. The van der Waals surface area contributed by atoms with Gasteiger partial charge in [0.25, 0.3) is 0 Å². The van der Waals surface area contributed by atoms with Crippen LogP contribution in [0.1, 0.15) is 49.9 Å². The lowest BCUT2D eigenvalue weighted by Gasteiger charge is -2.24. The average Bonchev–Trinajstić information content (AvgIpc) is 3.69. The molecule has 0 spiro atoms. The highest BCUT2D eigenvalue weighted by molar-refractivity contribution is 6.28. The molecule has 11 aromatic rings. The van der Waals surface area contributed by atoms with E-state index in [1.54, 1.807) is 0 Å². The zero-order chi connectivity index (χ0) is 41.5. The first-order valence-electron chi connectivity index (χ1n) is 22.1. The second kappa shape index (κ2) is 12.6. The van der Waals surface area contributed by atoms with Crippen molar-refractivity contribution in [3.05, 3.63) is 216 Å². The average molecular weight is 789 g/mol. The van der Waals surface area contributed by atoms with Gasteiger partial charge in [0.2, 0.25) is 0 Å². The van der Waals surface area contributed by atoms with Gasteiger partial charge < -0.3 is 0 Å². The van der Waals surface area contributed by atoms with Crippen molar-refractivity contribution >= 4 is 53.9 Å². The highest BCUT2D eigenvalue weighted by Crippen LogP contribution is 2.56. The number of benzene rings is 11. The molecule has 0 unspecified atom stereocenters. The predicted molar refractivity (Wildman–Crippen MR) is 265 cm³/mol. The Bertz CT molecular complexity index is 3740. The van der Waals surface area contributed by atoms with Crippen LogP contribution in [-0.4, -0.2) is 0 Å². The van der Waals surface area contributed by atoms with Crippen molar-refractivity contribution in [1.29, 1.82) is 0 Å². The van der Waals surface area contributed by atoms with Crippen LogP contribution in [0, 0.1) is 0 Å². The molecule has 0 N–H and O–H groups in total. The van der Waals surface area contributed by atoms with Crippen LogP contribution in [0.25, 0.3) is 109 Å². The summed E-state index contributed by atoms with van der Waals surface area (Å²) in [5, 5.41) is 12.8. The molecule has 0 saturated heterocycles. The van der Waals surface area contributed by atoms with Crippen LogP contribution in [0.5, 0.6) is 0 Å². The lowest BCUT2D eigenvalue weighted by Crippen LogP contribution is -2.14. The Morgan fingerprint density at radius 3 is 1.53 bits per heavy atom. The normalized spacial score (nSPS) is 14.4. The Labute approximate surface area is 362 Å². The van der Waals surface area contributed by atoms with Crippen molar-refractivity contribution in [1.82, 2.24) is 0 Å². The summed E-state index contributed by atoms with van der Waals surface area (Å²) in [5.74, 6) is 0. The molecule has 0 amide bonds. The van der Waals surface area contributed by atoms with Gasteiger partial charge in [-0.15, -0.1) is 0 Å². The molecule has 13 rings (SSSR count). The Kier molecular flexibility index (Phi) is 7.23. The third kappa shape index (κ3) is 4.73. The molecule has 0 atom stereocenters. The van der Waals surface area contributed by atoms with Gasteiger partial charge in [-0.05, 0) is 150 Å². The number of hydrogen-bond donors (Lipinski definition) is 0. The number of fused-ring (bicyclic) bond motifs is 13. The molecule has 0 aliphatic heterocycles. The molecule has 62 heavy (non-hydrogen) atoms. The lowest BCUT2D eigenvalue weighted by atomic mass is 9.79. The van der Waals surface area contributed by atoms with Crippen molar-refractivity contribution < 1.29 is 0 Å². The Morgan fingerprint density at radius 2 is 0.742 bits per heavy atom. The van der Waals surface area contributed by atoms with E-state index in [0.29, 0.717) is 0 Å². The van der Waals surface area contributed by atoms with E-state index in [9.17, 15) is 0 Å². The summed E-state index contributed by atoms with van der Waals surface area (Å²) in [4.78, 5) is 0. The molecule has 292 valence electrons. The summed E-state index contributed by atoms with van der Waals surface area (Å²) in [6.45, 7) is 9.54. The summed E-state index contributed by atoms with van der Waals surface area (Å²) in [6, 6.07) is 73.8. The van der Waals surface area contributed by atoms with Crippen molar-refractivity contribution in [2.24, 2.45) is 0 Å². The first-order valence-corrected chi connectivity index (χ1v) is 22.1. The van der Waals surface area contributed by atoms with Crippen molar-refractivity contribution in [3.8, 4) is 55.6 Å². The van der Waals surface area contributed by atoms with E-state index in [2.05, 4.69) is 222 Å². The molecule has 0 aromatic heterocycles. The maximum absolute atomic E-state index is 2.52. The molecule has 0 bridgehead atoms. The van der Waals surface area contributed by atoms with E-state index < -0.39 is 0 Å². The fraction of sp³-hybridized carbons (Fsp3) is 0.0968. The highest BCUT2D eigenvalue weighted by Gasteiger charge is 2.38. The van der Waals surface area contributed by atoms with Crippen LogP contribution in [0.4, 0.5) is 0 Å². The largest absolute Gasteiger partial charge is 0.0619 e. The molecule has 0 radical (unpaired) electrons. The highest BCUT2D eigenvalue weighted by atomic mass is 14.4. The zero-order valence-electron chi connectivity index (χ0n) is 35.5. The van der Waals surface area contributed by atoms with Crippen molar-refractivity contribution in [3.63, 3.8) is 0 Å². The monoisotopic (exact) mass is 788 g/mol. The second-order valence-corrected chi connectivity index (χ2v) is 18.7. The minimum atomic E-state index is -0.111. The SMILES string of the molecule is CC1(C)c2ccccc2-c2ccc(-c3ccc4c(-c5cc6c7ccccc7ccc6c6ccccc56)c5ccccc5c(-c5cccc6c5-c5ccccc5C6(C)C)c4c3)cc21. The van der Waals surface area contributed by atoms with Gasteiger partial charge in [-0.3, -0.25) is 0 Å².